The zero-order chi connectivity index (χ0) is 10.9. The minimum absolute atomic E-state index is 1.03. The first kappa shape index (κ1) is 11.3. The monoisotopic (exact) mass is 196 g/mol. The van der Waals surface area contributed by atoms with E-state index in [1.54, 1.807) is 0 Å². The van der Waals surface area contributed by atoms with Crippen molar-refractivity contribution in [1.29, 1.82) is 0 Å². The Hall–Kier alpha value is -1.82. The van der Waals surface area contributed by atoms with Crippen LogP contribution in [-0.4, -0.2) is 0 Å². The third-order valence-electron chi connectivity index (χ3n) is 1.97. The van der Waals surface area contributed by atoms with E-state index in [1.807, 2.05) is 61.6 Å². The van der Waals surface area contributed by atoms with Gasteiger partial charge in [-0.15, -0.1) is 0 Å². The van der Waals surface area contributed by atoms with E-state index in [0.29, 0.717) is 0 Å². The van der Waals surface area contributed by atoms with Crippen LogP contribution < -0.4 is 0 Å². The largest absolute Gasteiger partial charge is 0.0912 e. The highest BCUT2D eigenvalue weighted by Crippen LogP contribution is 2.12. The van der Waals surface area contributed by atoms with Gasteiger partial charge < -0.3 is 0 Å². The molecule has 0 heteroatoms. The molecule has 0 aliphatic heterocycles. The molecule has 0 spiro atoms. The predicted molar refractivity (Wildman–Crippen MR) is 68.6 cm³/mol. The molecule has 76 valence electrons. The highest BCUT2D eigenvalue weighted by atomic mass is 13.9. The van der Waals surface area contributed by atoms with Crippen molar-refractivity contribution in [3.63, 3.8) is 0 Å². The Kier molecular flexibility index (Phi) is 4.96. The molecule has 0 aliphatic carbocycles. The molecule has 15 heavy (non-hydrogen) atoms. The second kappa shape index (κ2) is 6.61. The van der Waals surface area contributed by atoms with Gasteiger partial charge in [0.2, 0.25) is 0 Å². The summed E-state index contributed by atoms with van der Waals surface area (Å²) in [5.41, 5.74) is 2.19. The summed E-state index contributed by atoms with van der Waals surface area (Å²) >= 11 is 0. The van der Waals surface area contributed by atoms with Crippen molar-refractivity contribution in [2.24, 2.45) is 0 Å². The summed E-state index contributed by atoms with van der Waals surface area (Å²) in [4.78, 5) is 0. The van der Waals surface area contributed by atoms with Crippen LogP contribution in [0, 0.1) is 0 Å². The van der Waals surface area contributed by atoms with E-state index >= 15 is 0 Å². The maximum absolute atomic E-state index is 4.00. The van der Waals surface area contributed by atoms with Crippen molar-refractivity contribution in [2.45, 2.75) is 6.92 Å². The fraction of sp³-hybridized carbons (Fsp3) is 0.0667. The van der Waals surface area contributed by atoms with Crippen molar-refractivity contribution in [3.05, 3.63) is 78.9 Å². The number of hydrogen-bond acceptors (Lipinski definition) is 0. The third kappa shape index (κ3) is 4.28. The third-order valence-corrected chi connectivity index (χ3v) is 1.97. The van der Waals surface area contributed by atoms with E-state index in [-0.39, 0.29) is 0 Å². The molecule has 1 aromatic rings. The Bertz CT molecular complexity index is 378. The number of allylic oxidation sites excluding steroid dienone is 7. The van der Waals surface area contributed by atoms with Crippen LogP contribution in [0.5, 0.6) is 0 Å². The lowest BCUT2D eigenvalue weighted by Crippen LogP contribution is -1.75. The van der Waals surface area contributed by atoms with Gasteiger partial charge in [-0.3, -0.25) is 0 Å². The van der Waals surface area contributed by atoms with Gasteiger partial charge in [-0.2, -0.15) is 0 Å². The van der Waals surface area contributed by atoms with Crippen molar-refractivity contribution in [3.8, 4) is 0 Å². The van der Waals surface area contributed by atoms with E-state index in [1.165, 1.54) is 0 Å². The Balaban J connectivity index is 2.57. The fourth-order valence-corrected chi connectivity index (χ4v) is 1.16. The van der Waals surface area contributed by atoms with Crippen LogP contribution in [0.2, 0.25) is 0 Å². The Morgan fingerprint density at radius 2 is 1.67 bits per heavy atom. The summed E-state index contributed by atoms with van der Waals surface area (Å²) in [5, 5.41) is 0. The second-order valence-electron chi connectivity index (χ2n) is 3.16. The summed E-state index contributed by atoms with van der Waals surface area (Å²) in [6.45, 7) is 6.00. The minimum Gasteiger partial charge on any atom is -0.0912 e. The number of benzene rings is 1. The van der Waals surface area contributed by atoms with E-state index in [4.69, 9.17) is 0 Å². The summed E-state index contributed by atoms with van der Waals surface area (Å²) in [6, 6.07) is 10.2. The minimum atomic E-state index is 1.03. The van der Waals surface area contributed by atoms with Gasteiger partial charge in [0.15, 0.2) is 0 Å². The zero-order valence-corrected chi connectivity index (χ0v) is 9.06. The molecule has 0 amide bonds. The quantitative estimate of drug-likeness (QED) is 0.626. The lowest BCUT2D eigenvalue weighted by atomic mass is 10.1. The van der Waals surface area contributed by atoms with E-state index in [0.717, 1.165) is 11.1 Å². The molecule has 0 fully saturated rings. The molecule has 0 aromatic heterocycles. The zero-order valence-electron chi connectivity index (χ0n) is 9.06. The molecular formula is C15H16. The van der Waals surface area contributed by atoms with Gasteiger partial charge in [-0.05, 0) is 18.1 Å². The maximum Gasteiger partial charge on any atom is -0.0190 e. The Morgan fingerprint density at radius 3 is 2.33 bits per heavy atom. The Labute approximate surface area is 92.0 Å². The molecule has 0 N–H and O–H groups in total. The lowest BCUT2D eigenvalue weighted by molar-refractivity contribution is 1.63. The molecule has 0 unspecified atom stereocenters. The van der Waals surface area contributed by atoms with Crippen LogP contribution in [0.4, 0.5) is 0 Å². The van der Waals surface area contributed by atoms with E-state index in [9.17, 15) is 0 Å². The van der Waals surface area contributed by atoms with Crippen molar-refractivity contribution in [1.82, 2.24) is 0 Å². The molecule has 0 radical (unpaired) electrons. The first-order valence-electron chi connectivity index (χ1n) is 5.05. The van der Waals surface area contributed by atoms with Gasteiger partial charge in [0.25, 0.3) is 0 Å². The first-order chi connectivity index (χ1) is 7.34. The first-order valence-corrected chi connectivity index (χ1v) is 5.05. The molecular weight excluding hydrogens is 180 g/mol. The van der Waals surface area contributed by atoms with Crippen LogP contribution in [-0.2, 0) is 0 Å². The van der Waals surface area contributed by atoms with Crippen LogP contribution in [0.25, 0.3) is 5.57 Å². The van der Waals surface area contributed by atoms with Gasteiger partial charge in [-0.25, -0.2) is 0 Å². The van der Waals surface area contributed by atoms with Crippen molar-refractivity contribution in [2.75, 3.05) is 0 Å². The molecule has 1 aromatic carbocycles. The summed E-state index contributed by atoms with van der Waals surface area (Å²) in [5.74, 6) is 0. The highest BCUT2D eigenvalue weighted by molar-refractivity contribution is 5.72. The fourth-order valence-electron chi connectivity index (χ4n) is 1.16. The molecule has 0 saturated carbocycles. The predicted octanol–water partition coefficient (Wildman–Crippen LogP) is 4.39. The molecule has 0 saturated heterocycles. The highest BCUT2D eigenvalue weighted by Gasteiger charge is 1.90. The van der Waals surface area contributed by atoms with Crippen molar-refractivity contribution >= 4 is 5.57 Å². The smallest absolute Gasteiger partial charge is 0.0190 e. The van der Waals surface area contributed by atoms with Crippen LogP contribution >= 0.6 is 0 Å². The second-order valence-corrected chi connectivity index (χ2v) is 3.16. The lowest BCUT2D eigenvalue weighted by Gasteiger charge is -1.97. The Morgan fingerprint density at radius 1 is 1.00 bits per heavy atom. The molecule has 0 aliphatic rings. The molecule has 0 heterocycles. The van der Waals surface area contributed by atoms with Gasteiger partial charge in [0.05, 0.1) is 0 Å². The van der Waals surface area contributed by atoms with Crippen LogP contribution in [0.1, 0.15) is 12.5 Å². The standard InChI is InChI=1S/C15H16/c1-3-4-5-6-8-11-14(2)15-12-9-7-10-13-15/h3-13H,2H2,1H3. The summed E-state index contributed by atoms with van der Waals surface area (Å²) in [7, 11) is 0. The van der Waals surface area contributed by atoms with Crippen LogP contribution in [0.15, 0.2) is 73.4 Å². The van der Waals surface area contributed by atoms with E-state index < -0.39 is 0 Å². The van der Waals surface area contributed by atoms with Gasteiger partial charge in [0, 0.05) is 0 Å². The summed E-state index contributed by atoms with van der Waals surface area (Å²) < 4.78 is 0. The number of hydrogen-bond donors (Lipinski definition) is 0. The molecule has 1 rings (SSSR count). The average molecular weight is 196 g/mol. The topological polar surface area (TPSA) is 0 Å². The van der Waals surface area contributed by atoms with Gasteiger partial charge in [-0.1, -0.05) is 73.4 Å². The van der Waals surface area contributed by atoms with Gasteiger partial charge >= 0.3 is 0 Å². The summed E-state index contributed by atoms with van der Waals surface area (Å²) in [6.07, 6.45) is 12.0. The number of rotatable bonds is 4. The molecule has 0 nitrogen and oxygen atoms in total. The molecule has 0 atom stereocenters. The molecule has 0 bridgehead atoms. The van der Waals surface area contributed by atoms with Crippen molar-refractivity contribution < 1.29 is 0 Å². The van der Waals surface area contributed by atoms with E-state index in [2.05, 4.69) is 18.7 Å². The normalized spacial score (nSPS) is 11.8. The van der Waals surface area contributed by atoms with Crippen LogP contribution in [0.3, 0.4) is 0 Å². The SMILES string of the molecule is C=C(C=CC=CC=CC)c1ccccc1. The van der Waals surface area contributed by atoms with Gasteiger partial charge in [0.1, 0.15) is 0 Å². The average Bonchev–Trinajstić information content (AvgIpc) is 2.30. The maximum atomic E-state index is 4.00.